The first-order valence-corrected chi connectivity index (χ1v) is 6.27. The maximum Gasteiger partial charge on any atom is 0.144 e. The smallest absolute Gasteiger partial charge is 0.144 e. The lowest BCUT2D eigenvalue weighted by Gasteiger charge is -2.30. The molecule has 2 aliphatic heterocycles. The fraction of sp³-hybridized carbons (Fsp3) is 0.462. The van der Waals surface area contributed by atoms with Gasteiger partial charge in [-0.05, 0) is 25.9 Å². The van der Waals surface area contributed by atoms with Gasteiger partial charge in [0.1, 0.15) is 12.5 Å². The highest BCUT2D eigenvalue weighted by atomic mass is 15.6. The lowest BCUT2D eigenvalue weighted by atomic mass is 10.1. The summed E-state index contributed by atoms with van der Waals surface area (Å²) >= 11 is 0. The summed E-state index contributed by atoms with van der Waals surface area (Å²) in [6.45, 7) is 3.00. The van der Waals surface area contributed by atoms with Crippen molar-refractivity contribution in [3.05, 3.63) is 35.9 Å². The van der Waals surface area contributed by atoms with E-state index in [1.54, 1.807) is 0 Å². The van der Waals surface area contributed by atoms with E-state index in [1.807, 2.05) is 18.2 Å². The van der Waals surface area contributed by atoms with Gasteiger partial charge in [0.2, 0.25) is 0 Å². The van der Waals surface area contributed by atoms with Crippen LogP contribution in [-0.4, -0.2) is 36.6 Å². The average Bonchev–Trinajstić information content (AvgIpc) is 2.90. The highest BCUT2D eigenvalue weighted by Crippen LogP contribution is 2.14. The molecule has 2 heterocycles. The molecule has 0 unspecified atom stereocenters. The molecule has 0 bridgehead atoms. The zero-order valence-electron chi connectivity index (χ0n) is 9.89. The fourth-order valence-corrected chi connectivity index (χ4v) is 2.43. The summed E-state index contributed by atoms with van der Waals surface area (Å²) in [7, 11) is 0. The van der Waals surface area contributed by atoms with Gasteiger partial charge in [-0.15, -0.1) is 0 Å². The molecule has 2 aliphatic rings. The minimum Gasteiger partial charge on any atom is -0.317 e. The summed E-state index contributed by atoms with van der Waals surface area (Å²) in [6, 6.07) is 10.9. The number of amidine groups is 1. The van der Waals surface area contributed by atoms with Gasteiger partial charge in [-0.1, -0.05) is 30.3 Å². The Morgan fingerprint density at radius 2 is 1.88 bits per heavy atom. The van der Waals surface area contributed by atoms with Crippen molar-refractivity contribution in [1.82, 2.24) is 15.8 Å². The lowest BCUT2D eigenvalue weighted by Crippen LogP contribution is -2.48. The van der Waals surface area contributed by atoms with Crippen LogP contribution >= 0.6 is 0 Å². The average molecular weight is 230 g/mol. The quantitative estimate of drug-likeness (QED) is 0.795. The summed E-state index contributed by atoms with van der Waals surface area (Å²) < 4.78 is 0. The molecule has 0 amide bonds. The number of hydrazine groups is 1. The molecule has 1 aromatic rings. The van der Waals surface area contributed by atoms with Crippen molar-refractivity contribution in [1.29, 1.82) is 0 Å². The Labute approximate surface area is 102 Å². The monoisotopic (exact) mass is 230 g/mol. The Morgan fingerprint density at radius 1 is 1.12 bits per heavy atom. The molecule has 0 spiro atoms. The van der Waals surface area contributed by atoms with E-state index < -0.39 is 0 Å². The topological polar surface area (TPSA) is 39.7 Å². The molecule has 0 aliphatic carbocycles. The van der Waals surface area contributed by atoms with E-state index in [0.29, 0.717) is 6.04 Å². The third-order valence-corrected chi connectivity index (χ3v) is 3.43. The predicted octanol–water partition coefficient (Wildman–Crippen LogP) is 0.963. The maximum absolute atomic E-state index is 4.57. The number of hydrogen-bond donors (Lipinski definition) is 2. The number of aliphatic imine (C=N–C) groups is 1. The van der Waals surface area contributed by atoms with Crippen molar-refractivity contribution >= 4 is 5.84 Å². The second-order valence-corrected chi connectivity index (χ2v) is 4.58. The molecule has 0 saturated carbocycles. The Kier molecular flexibility index (Phi) is 3.07. The van der Waals surface area contributed by atoms with Gasteiger partial charge in [-0.3, -0.25) is 0 Å². The predicted molar refractivity (Wildman–Crippen MR) is 68.7 cm³/mol. The van der Waals surface area contributed by atoms with Gasteiger partial charge in [-0.25, -0.2) is 4.99 Å². The summed E-state index contributed by atoms with van der Waals surface area (Å²) in [5.74, 6) is 1.00. The summed E-state index contributed by atoms with van der Waals surface area (Å²) in [4.78, 5) is 4.57. The summed E-state index contributed by atoms with van der Waals surface area (Å²) in [5.41, 5.74) is 4.60. The molecule has 17 heavy (non-hydrogen) atoms. The van der Waals surface area contributed by atoms with Crippen LogP contribution in [0.15, 0.2) is 35.3 Å². The zero-order chi connectivity index (χ0) is 11.5. The van der Waals surface area contributed by atoms with Crippen LogP contribution in [0.5, 0.6) is 0 Å². The van der Waals surface area contributed by atoms with E-state index in [0.717, 1.165) is 25.6 Å². The molecule has 1 aromatic carbocycles. The van der Waals surface area contributed by atoms with Gasteiger partial charge < -0.3 is 10.7 Å². The van der Waals surface area contributed by atoms with Crippen molar-refractivity contribution in [3.63, 3.8) is 0 Å². The molecule has 1 fully saturated rings. The molecular formula is C13H18N4. The van der Waals surface area contributed by atoms with Gasteiger partial charge >= 0.3 is 0 Å². The van der Waals surface area contributed by atoms with Crippen LogP contribution < -0.4 is 10.7 Å². The standard InChI is InChI=1S/C13H18N4/c1-2-4-11(5-3-1)13-15-10-17(16-13)12-6-8-14-9-7-12/h1-5,12,14H,6-10H2,(H,15,16). The molecule has 3 rings (SSSR count). The molecule has 0 radical (unpaired) electrons. The minimum atomic E-state index is 0.612. The first kappa shape index (κ1) is 10.7. The van der Waals surface area contributed by atoms with Gasteiger partial charge in [0.05, 0.1) is 0 Å². The zero-order valence-corrected chi connectivity index (χ0v) is 9.89. The van der Waals surface area contributed by atoms with E-state index in [1.165, 1.54) is 18.4 Å². The molecular weight excluding hydrogens is 212 g/mol. The second-order valence-electron chi connectivity index (χ2n) is 4.58. The van der Waals surface area contributed by atoms with E-state index in [4.69, 9.17) is 0 Å². The highest BCUT2D eigenvalue weighted by Gasteiger charge is 2.25. The van der Waals surface area contributed by atoms with Crippen molar-refractivity contribution in [2.75, 3.05) is 19.8 Å². The molecule has 0 aromatic heterocycles. The Balaban J connectivity index is 1.64. The van der Waals surface area contributed by atoms with Crippen molar-refractivity contribution in [2.45, 2.75) is 18.9 Å². The normalized spacial score (nSPS) is 22.2. The van der Waals surface area contributed by atoms with Gasteiger partial charge in [0.15, 0.2) is 0 Å². The van der Waals surface area contributed by atoms with Crippen LogP contribution in [-0.2, 0) is 0 Å². The third-order valence-electron chi connectivity index (χ3n) is 3.43. The van der Waals surface area contributed by atoms with E-state index in [2.05, 4.69) is 32.9 Å². The number of benzene rings is 1. The maximum atomic E-state index is 4.57. The molecule has 90 valence electrons. The molecule has 4 nitrogen and oxygen atoms in total. The van der Waals surface area contributed by atoms with Crippen LogP contribution in [0.3, 0.4) is 0 Å². The van der Waals surface area contributed by atoms with Crippen LogP contribution in [0.2, 0.25) is 0 Å². The number of rotatable bonds is 2. The van der Waals surface area contributed by atoms with Gasteiger partial charge in [0, 0.05) is 11.6 Å². The third kappa shape index (κ3) is 2.33. The van der Waals surface area contributed by atoms with Crippen LogP contribution in [0.25, 0.3) is 0 Å². The molecule has 0 atom stereocenters. The first-order valence-electron chi connectivity index (χ1n) is 6.27. The number of hydrogen-bond acceptors (Lipinski definition) is 4. The van der Waals surface area contributed by atoms with Crippen molar-refractivity contribution in [2.24, 2.45) is 4.99 Å². The van der Waals surface area contributed by atoms with Crippen molar-refractivity contribution in [3.8, 4) is 0 Å². The van der Waals surface area contributed by atoms with E-state index in [-0.39, 0.29) is 0 Å². The number of nitrogens with zero attached hydrogens (tertiary/aromatic N) is 2. The van der Waals surface area contributed by atoms with E-state index >= 15 is 0 Å². The molecule has 1 saturated heterocycles. The van der Waals surface area contributed by atoms with Crippen molar-refractivity contribution < 1.29 is 0 Å². The second kappa shape index (κ2) is 4.85. The minimum absolute atomic E-state index is 0.612. The van der Waals surface area contributed by atoms with Gasteiger partial charge in [-0.2, -0.15) is 5.01 Å². The Bertz CT molecular complexity index is 395. The lowest BCUT2D eigenvalue weighted by molar-refractivity contribution is 0.151. The highest BCUT2D eigenvalue weighted by molar-refractivity contribution is 5.99. The Hall–Kier alpha value is -1.39. The largest absolute Gasteiger partial charge is 0.317 e. The van der Waals surface area contributed by atoms with Gasteiger partial charge in [0.25, 0.3) is 0 Å². The van der Waals surface area contributed by atoms with Crippen LogP contribution in [0, 0.1) is 0 Å². The van der Waals surface area contributed by atoms with Crippen LogP contribution in [0.4, 0.5) is 0 Å². The van der Waals surface area contributed by atoms with E-state index in [9.17, 15) is 0 Å². The molecule has 2 N–H and O–H groups in total. The number of piperidine rings is 1. The SMILES string of the molecule is c1ccc(C2=NCN(C3CCNCC3)N2)cc1. The molecule has 4 heteroatoms. The summed E-state index contributed by atoms with van der Waals surface area (Å²) in [5, 5.41) is 5.66. The first-order chi connectivity index (χ1) is 8.43. The number of nitrogens with one attached hydrogen (secondary N) is 2. The summed E-state index contributed by atoms with van der Waals surface area (Å²) in [6.07, 6.45) is 2.40. The Morgan fingerprint density at radius 3 is 2.65 bits per heavy atom. The fourth-order valence-electron chi connectivity index (χ4n) is 2.43. The van der Waals surface area contributed by atoms with Crippen LogP contribution in [0.1, 0.15) is 18.4 Å².